The van der Waals surface area contributed by atoms with E-state index < -0.39 is 17.5 Å². The van der Waals surface area contributed by atoms with E-state index in [0.717, 1.165) is 36.5 Å². The van der Waals surface area contributed by atoms with E-state index in [1.165, 1.54) is 6.42 Å². The first-order chi connectivity index (χ1) is 13.4. The minimum absolute atomic E-state index is 0.0884. The largest absolute Gasteiger partial charge is 0.392 e. The lowest BCUT2D eigenvalue weighted by molar-refractivity contribution is -0.163. The molecule has 2 aromatic rings. The minimum atomic E-state index is -1.41. The number of fused-ring (bicyclic) bond motifs is 1. The average molecular weight is 385 g/mol. The number of benzene rings is 2. The highest BCUT2D eigenvalue weighted by Gasteiger charge is 2.35. The van der Waals surface area contributed by atoms with Crippen LogP contribution >= 0.6 is 0 Å². The van der Waals surface area contributed by atoms with Crippen LogP contribution in [0.3, 0.4) is 0 Å². The summed E-state index contributed by atoms with van der Waals surface area (Å²) in [6.45, 7) is 3.73. The summed E-state index contributed by atoms with van der Waals surface area (Å²) >= 11 is 0. The van der Waals surface area contributed by atoms with E-state index in [0.29, 0.717) is 12.0 Å². The van der Waals surface area contributed by atoms with Crippen molar-refractivity contribution in [1.82, 2.24) is 0 Å². The first kappa shape index (κ1) is 22.1. The molecule has 0 saturated heterocycles. The Balaban J connectivity index is 1.91. The molecule has 5 heteroatoms. The standard InChI is InChI=1S/C23H32N2O3/c1-3-4-5-12-18(24)13-9-16-21(26)28-22(27)23(2,25)20-15-8-11-17-10-6-7-14-19(17)20/h6-8,10-11,14-15,18H,3-5,9,12-13,16,24-25H2,1-2H3/t18?,23-/m0/s1. The Hall–Kier alpha value is -2.24. The number of nitrogens with two attached hydrogens (primary N) is 2. The van der Waals surface area contributed by atoms with Crippen LogP contribution in [0.25, 0.3) is 10.8 Å². The van der Waals surface area contributed by atoms with Crippen molar-refractivity contribution in [1.29, 1.82) is 0 Å². The number of esters is 2. The fourth-order valence-corrected chi connectivity index (χ4v) is 3.36. The van der Waals surface area contributed by atoms with Gasteiger partial charge in [0.05, 0.1) is 0 Å². The number of hydrogen-bond donors (Lipinski definition) is 2. The Kier molecular flexibility index (Phi) is 8.15. The van der Waals surface area contributed by atoms with Gasteiger partial charge >= 0.3 is 11.9 Å². The van der Waals surface area contributed by atoms with E-state index in [1.54, 1.807) is 13.0 Å². The number of ether oxygens (including phenoxy) is 1. The molecular formula is C23H32N2O3. The third kappa shape index (κ3) is 5.88. The monoisotopic (exact) mass is 384 g/mol. The van der Waals surface area contributed by atoms with Crippen molar-refractivity contribution in [2.45, 2.75) is 70.4 Å². The van der Waals surface area contributed by atoms with Crippen LogP contribution < -0.4 is 11.5 Å². The maximum absolute atomic E-state index is 12.6. The van der Waals surface area contributed by atoms with E-state index in [2.05, 4.69) is 6.92 Å². The zero-order chi connectivity index (χ0) is 20.6. The van der Waals surface area contributed by atoms with E-state index in [-0.39, 0.29) is 12.5 Å². The number of rotatable bonds is 10. The van der Waals surface area contributed by atoms with Crippen LogP contribution in [0.1, 0.15) is 64.4 Å². The van der Waals surface area contributed by atoms with Crippen molar-refractivity contribution in [3.63, 3.8) is 0 Å². The molecule has 0 heterocycles. The van der Waals surface area contributed by atoms with Gasteiger partial charge in [0, 0.05) is 12.5 Å². The number of hydrogen-bond acceptors (Lipinski definition) is 5. The number of unbranched alkanes of at least 4 members (excludes halogenated alkanes) is 2. The van der Waals surface area contributed by atoms with Crippen LogP contribution in [0, 0.1) is 0 Å². The van der Waals surface area contributed by atoms with Gasteiger partial charge in [-0.3, -0.25) is 4.79 Å². The van der Waals surface area contributed by atoms with E-state index in [9.17, 15) is 9.59 Å². The minimum Gasteiger partial charge on any atom is -0.392 e. The summed E-state index contributed by atoms with van der Waals surface area (Å²) in [5.41, 5.74) is 11.6. The fraction of sp³-hybridized carbons (Fsp3) is 0.478. The predicted octanol–water partition coefficient (Wildman–Crippen LogP) is 4.16. The van der Waals surface area contributed by atoms with Crippen molar-refractivity contribution in [3.05, 3.63) is 48.0 Å². The van der Waals surface area contributed by atoms with Crippen LogP contribution in [0.5, 0.6) is 0 Å². The maximum Gasteiger partial charge on any atom is 0.338 e. The summed E-state index contributed by atoms with van der Waals surface area (Å²) < 4.78 is 5.06. The molecule has 0 bridgehead atoms. The smallest absolute Gasteiger partial charge is 0.338 e. The van der Waals surface area contributed by atoms with Crippen LogP contribution in [-0.4, -0.2) is 18.0 Å². The third-order valence-electron chi connectivity index (χ3n) is 5.11. The summed E-state index contributed by atoms with van der Waals surface area (Å²) in [4.78, 5) is 24.7. The first-order valence-electron chi connectivity index (χ1n) is 10.1. The lowest BCUT2D eigenvalue weighted by atomic mass is 9.89. The van der Waals surface area contributed by atoms with Gasteiger partial charge < -0.3 is 16.2 Å². The molecule has 4 N–H and O–H groups in total. The molecule has 0 radical (unpaired) electrons. The van der Waals surface area contributed by atoms with Gasteiger partial charge in [0.15, 0.2) is 0 Å². The highest BCUT2D eigenvalue weighted by atomic mass is 16.6. The Labute approximate surface area is 167 Å². The third-order valence-corrected chi connectivity index (χ3v) is 5.11. The maximum atomic E-state index is 12.6. The molecule has 2 aromatic carbocycles. The Morgan fingerprint density at radius 3 is 2.46 bits per heavy atom. The molecule has 1 unspecified atom stereocenters. The average Bonchev–Trinajstić information content (AvgIpc) is 2.67. The Bertz CT molecular complexity index is 796. The lowest BCUT2D eigenvalue weighted by Crippen LogP contribution is -2.44. The Morgan fingerprint density at radius 2 is 1.71 bits per heavy atom. The topological polar surface area (TPSA) is 95.4 Å². The van der Waals surface area contributed by atoms with Crippen molar-refractivity contribution in [2.75, 3.05) is 0 Å². The number of carbonyl (C=O) groups is 2. The molecule has 0 fully saturated rings. The summed E-state index contributed by atoms with van der Waals surface area (Å²) in [6, 6.07) is 13.4. The van der Waals surface area contributed by atoms with Gasteiger partial charge in [-0.05, 0) is 42.5 Å². The second-order valence-corrected chi connectivity index (χ2v) is 7.64. The van der Waals surface area contributed by atoms with E-state index >= 15 is 0 Å². The second kappa shape index (κ2) is 10.3. The van der Waals surface area contributed by atoms with Gasteiger partial charge in [0.2, 0.25) is 0 Å². The predicted molar refractivity (Wildman–Crippen MR) is 113 cm³/mol. The molecule has 0 aliphatic heterocycles. The zero-order valence-electron chi connectivity index (χ0n) is 16.9. The molecular weight excluding hydrogens is 352 g/mol. The molecule has 0 aromatic heterocycles. The first-order valence-corrected chi connectivity index (χ1v) is 10.1. The van der Waals surface area contributed by atoms with Crippen LogP contribution in [0.15, 0.2) is 42.5 Å². The SMILES string of the molecule is CCCCCC(N)CCCC(=O)OC(=O)[C@@](C)(N)c1cccc2ccccc12. The van der Waals surface area contributed by atoms with Gasteiger partial charge in [0.25, 0.3) is 0 Å². The Morgan fingerprint density at radius 1 is 1.04 bits per heavy atom. The normalized spacial score (nSPS) is 14.4. The summed E-state index contributed by atoms with van der Waals surface area (Å²) in [7, 11) is 0. The van der Waals surface area contributed by atoms with Crippen molar-refractivity contribution in [2.24, 2.45) is 11.5 Å². The quantitative estimate of drug-likeness (QED) is 0.364. The highest BCUT2D eigenvalue weighted by Crippen LogP contribution is 2.28. The molecule has 5 nitrogen and oxygen atoms in total. The second-order valence-electron chi connectivity index (χ2n) is 7.64. The summed E-state index contributed by atoms with van der Waals surface area (Å²) in [5, 5.41) is 1.85. The molecule has 2 atom stereocenters. The van der Waals surface area contributed by atoms with E-state index in [1.807, 2.05) is 36.4 Å². The van der Waals surface area contributed by atoms with Crippen molar-refractivity contribution in [3.8, 4) is 0 Å². The highest BCUT2D eigenvalue weighted by molar-refractivity contribution is 5.96. The van der Waals surface area contributed by atoms with Crippen LogP contribution in [0.4, 0.5) is 0 Å². The summed E-state index contributed by atoms with van der Waals surface area (Å²) in [5.74, 6) is -1.29. The van der Waals surface area contributed by atoms with Crippen molar-refractivity contribution < 1.29 is 14.3 Å². The molecule has 28 heavy (non-hydrogen) atoms. The van der Waals surface area contributed by atoms with Gasteiger partial charge in [-0.2, -0.15) is 0 Å². The lowest BCUT2D eigenvalue weighted by Gasteiger charge is -2.24. The fourth-order valence-electron chi connectivity index (χ4n) is 3.36. The van der Waals surface area contributed by atoms with Crippen molar-refractivity contribution >= 4 is 22.7 Å². The molecule has 0 amide bonds. The van der Waals surface area contributed by atoms with Gasteiger partial charge in [-0.25, -0.2) is 4.79 Å². The molecule has 152 valence electrons. The molecule has 0 spiro atoms. The van der Waals surface area contributed by atoms with Gasteiger partial charge in [-0.1, -0.05) is 68.7 Å². The van der Waals surface area contributed by atoms with Crippen LogP contribution in [0.2, 0.25) is 0 Å². The summed E-state index contributed by atoms with van der Waals surface area (Å²) in [6.07, 6.45) is 5.92. The molecule has 0 saturated carbocycles. The molecule has 0 aliphatic rings. The van der Waals surface area contributed by atoms with Gasteiger partial charge in [-0.15, -0.1) is 0 Å². The molecule has 0 aliphatic carbocycles. The van der Waals surface area contributed by atoms with Crippen LogP contribution in [-0.2, 0) is 19.9 Å². The van der Waals surface area contributed by atoms with Gasteiger partial charge in [0.1, 0.15) is 5.54 Å². The number of carbonyl (C=O) groups excluding carboxylic acids is 2. The zero-order valence-corrected chi connectivity index (χ0v) is 16.9. The van der Waals surface area contributed by atoms with E-state index in [4.69, 9.17) is 16.2 Å². The molecule has 2 rings (SSSR count).